The second kappa shape index (κ2) is 5.96. The van der Waals surface area contributed by atoms with Crippen LogP contribution in [0.5, 0.6) is 0 Å². The molecule has 0 atom stereocenters. The van der Waals surface area contributed by atoms with Gasteiger partial charge in [0, 0.05) is 18.8 Å². The summed E-state index contributed by atoms with van der Waals surface area (Å²) in [6.07, 6.45) is 8.69. The van der Waals surface area contributed by atoms with E-state index in [1.54, 1.807) is 6.20 Å². The molecule has 0 bridgehead atoms. The molecule has 1 aliphatic rings. The Kier molecular flexibility index (Phi) is 4.30. The molecule has 0 radical (unpaired) electrons. The van der Waals surface area contributed by atoms with E-state index in [1.807, 2.05) is 10.9 Å². The number of rotatable bonds is 5. The standard InChI is InChI=1S/C11H20N4O/c16-11-4-2-10(3-5-11)12-6-1-8-15-9-7-13-14-15/h7,9-12,16H,1-6,8H2. The van der Waals surface area contributed by atoms with Crippen molar-refractivity contribution in [3.8, 4) is 0 Å². The molecule has 1 heterocycles. The lowest BCUT2D eigenvalue weighted by Crippen LogP contribution is -2.35. The van der Waals surface area contributed by atoms with E-state index in [0.29, 0.717) is 6.04 Å². The van der Waals surface area contributed by atoms with E-state index in [2.05, 4.69) is 15.6 Å². The van der Waals surface area contributed by atoms with Gasteiger partial charge in [-0.2, -0.15) is 0 Å². The van der Waals surface area contributed by atoms with Crippen LogP contribution in [0.25, 0.3) is 0 Å². The van der Waals surface area contributed by atoms with Crippen molar-refractivity contribution in [3.05, 3.63) is 12.4 Å². The summed E-state index contributed by atoms with van der Waals surface area (Å²) in [6.45, 7) is 1.93. The van der Waals surface area contributed by atoms with Crippen LogP contribution in [-0.4, -0.2) is 38.8 Å². The SMILES string of the molecule is OC1CCC(NCCCn2ccnn2)CC1. The van der Waals surface area contributed by atoms with Crippen molar-refractivity contribution in [1.82, 2.24) is 20.3 Å². The molecule has 0 unspecified atom stereocenters. The minimum Gasteiger partial charge on any atom is -0.393 e. The van der Waals surface area contributed by atoms with Gasteiger partial charge in [0.25, 0.3) is 0 Å². The minimum absolute atomic E-state index is 0.0619. The maximum atomic E-state index is 9.38. The molecule has 1 aromatic heterocycles. The molecule has 2 rings (SSSR count). The number of aliphatic hydroxyl groups excluding tert-OH is 1. The van der Waals surface area contributed by atoms with Crippen molar-refractivity contribution in [2.24, 2.45) is 0 Å². The number of aliphatic hydroxyl groups is 1. The van der Waals surface area contributed by atoms with Crippen molar-refractivity contribution < 1.29 is 5.11 Å². The average Bonchev–Trinajstić information content (AvgIpc) is 2.80. The monoisotopic (exact) mass is 224 g/mol. The highest BCUT2D eigenvalue weighted by Gasteiger charge is 2.18. The molecule has 5 nitrogen and oxygen atoms in total. The Balaban J connectivity index is 1.55. The second-order valence-electron chi connectivity index (χ2n) is 4.48. The molecule has 1 fully saturated rings. The number of aromatic nitrogens is 3. The first kappa shape index (κ1) is 11.5. The molecule has 1 saturated carbocycles. The van der Waals surface area contributed by atoms with Crippen LogP contribution < -0.4 is 5.32 Å². The van der Waals surface area contributed by atoms with E-state index in [-0.39, 0.29) is 6.10 Å². The molecule has 0 saturated heterocycles. The van der Waals surface area contributed by atoms with Crippen molar-refractivity contribution in [2.75, 3.05) is 6.54 Å². The molecule has 16 heavy (non-hydrogen) atoms. The van der Waals surface area contributed by atoms with Gasteiger partial charge in [0.1, 0.15) is 0 Å². The fourth-order valence-electron chi connectivity index (χ4n) is 2.18. The topological polar surface area (TPSA) is 63.0 Å². The lowest BCUT2D eigenvalue weighted by molar-refractivity contribution is 0.116. The first-order chi connectivity index (χ1) is 7.84. The molecule has 90 valence electrons. The fourth-order valence-corrected chi connectivity index (χ4v) is 2.18. The summed E-state index contributed by atoms with van der Waals surface area (Å²) in [5, 5.41) is 20.6. The molecule has 0 aliphatic heterocycles. The van der Waals surface area contributed by atoms with Gasteiger partial charge in [0.15, 0.2) is 0 Å². The van der Waals surface area contributed by atoms with E-state index in [9.17, 15) is 5.11 Å². The van der Waals surface area contributed by atoms with E-state index in [4.69, 9.17) is 0 Å². The van der Waals surface area contributed by atoms with Crippen LogP contribution >= 0.6 is 0 Å². The Hall–Kier alpha value is -0.940. The highest BCUT2D eigenvalue weighted by Crippen LogP contribution is 2.17. The summed E-state index contributed by atoms with van der Waals surface area (Å²) in [4.78, 5) is 0. The molecule has 0 aromatic carbocycles. The molecule has 2 N–H and O–H groups in total. The maximum Gasteiger partial charge on any atom is 0.0692 e. The summed E-state index contributed by atoms with van der Waals surface area (Å²) in [5.41, 5.74) is 0. The molecule has 1 aliphatic carbocycles. The van der Waals surface area contributed by atoms with E-state index in [1.165, 1.54) is 0 Å². The fraction of sp³-hybridized carbons (Fsp3) is 0.818. The van der Waals surface area contributed by atoms with Crippen LogP contribution in [0.15, 0.2) is 12.4 Å². The molecular formula is C11H20N4O. The number of aryl methyl sites for hydroxylation is 1. The Bertz CT molecular complexity index is 280. The summed E-state index contributed by atoms with van der Waals surface area (Å²) in [5.74, 6) is 0. The number of nitrogens with one attached hydrogen (secondary N) is 1. The van der Waals surface area contributed by atoms with Gasteiger partial charge in [-0.25, -0.2) is 0 Å². The summed E-state index contributed by atoms with van der Waals surface area (Å²) in [6, 6.07) is 0.596. The zero-order valence-corrected chi connectivity index (χ0v) is 9.55. The van der Waals surface area contributed by atoms with Crippen molar-refractivity contribution in [3.63, 3.8) is 0 Å². The van der Waals surface area contributed by atoms with Gasteiger partial charge in [-0.15, -0.1) is 5.10 Å². The third-order valence-corrected chi connectivity index (χ3v) is 3.17. The predicted molar refractivity (Wildman–Crippen MR) is 60.9 cm³/mol. The highest BCUT2D eigenvalue weighted by molar-refractivity contribution is 4.76. The zero-order valence-electron chi connectivity index (χ0n) is 9.55. The zero-order chi connectivity index (χ0) is 11.2. The number of nitrogens with zero attached hydrogens (tertiary/aromatic N) is 3. The lowest BCUT2D eigenvalue weighted by atomic mass is 9.93. The molecule has 1 aromatic rings. The molecule has 0 spiro atoms. The van der Waals surface area contributed by atoms with Gasteiger partial charge in [-0.1, -0.05) is 5.21 Å². The number of hydrogen-bond donors (Lipinski definition) is 2. The van der Waals surface area contributed by atoms with Gasteiger partial charge >= 0.3 is 0 Å². The molecule has 0 amide bonds. The van der Waals surface area contributed by atoms with E-state index >= 15 is 0 Å². The van der Waals surface area contributed by atoms with Crippen LogP contribution in [-0.2, 0) is 6.54 Å². The highest BCUT2D eigenvalue weighted by atomic mass is 16.3. The number of hydrogen-bond acceptors (Lipinski definition) is 4. The quantitative estimate of drug-likeness (QED) is 0.717. The Morgan fingerprint density at radius 1 is 1.31 bits per heavy atom. The van der Waals surface area contributed by atoms with Crippen LogP contribution in [0, 0.1) is 0 Å². The Morgan fingerprint density at radius 2 is 2.12 bits per heavy atom. The summed E-state index contributed by atoms with van der Waals surface area (Å²) >= 11 is 0. The first-order valence-corrected chi connectivity index (χ1v) is 6.10. The Labute approximate surface area is 95.8 Å². The maximum absolute atomic E-state index is 9.38. The van der Waals surface area contributed by atoms with Crippen LogP contribution in [0.3, 0.4) is 0 Å². The van der Waals surface area contributed by atoms with Gasteiger partial charge in [0.2, 0.25) is 0 Å². The van der Waals surface area contributed by atoms with Crippen LogP contribution in [0.2, 0.25) is 0 Å². The second-order valence-corrected chi connectivity index (χ2v) is 4.48. The van der Waals surface area contributed by atoms with E-state index < -0.39 is 0 Å². The van der Waals surface area contributed by atoms with Crippen molar-refractivity contribution in [2.45, 2.75) is 50.8 Å². The minimum atomic E-state index is -0.0619. The van der Waals surface area contributed by atoms with Crippen molar-refractivity contribution in [1.29, 1.82) is 0 Å². The van der Waals surface area contributed by atoms with Crippen LogP contribution in [0.4, 0.5) is 0 Å². The molecular weight excluding hydrogens is 204 g/mol. The largest absolute Gasteiger partial charge is 0.393 e. The van der Waals surface area contributed by atoms with Gasteiger partial charge < -0.3 is 10.4 Å². The van der Waals surface area contributed by atoms with E-state index in [0.717, 1.165) is 45.2 Å². The van der Waals surface area contributed by atoms with Gasteiger partial charge in [0.05, 0.1) is 12.3 Å². The summed E-state index contributed by atoms with van der Waals surface area (Å²) < 4.78 is 1.85. The third-order valence-electron chi connectivity index (χ3n) is 3.17. The lowest BCUT2D eigenvalue weighted by Gasteiger charge is -2.26. The molecule has 5 heteroatoms. The average molecular weight is 224 g/mol. The first-order valence-electron chi connectivity index (χ1n) is 6.10. The van der Waals surface area contributed by atoms with Crippen LogP contribution in [0.1, 0.15) is 32.1 Å². The smallest absolute Gasteiger partial charge is 0.0692 e. The summed E-state index contributed by atoms with van der Waals surface area (Å²) in [7, 11) is 0. The van der Waals surface area contributed by atoms with Gasteiger partial charge in [-0.3, -0.25) is 4.68 Å². The normalized spacial score (nSPS) is 25.8. The Morgan fingerprint density at radius 3 is 2.81 bits per heavy atom. The third kappa shape index (κ3) is 3.57. The van der Waals surface area contributed by atoms with Gasteiger partial charge in [-0.05, 0) is 38.6 Å². The van der Waals surface area contributed by atoms with Crippen molar-refractivity contribution >= 4 is 0 Å². The predicted octanol–water partition coefficient (Wildman–Crippen LogP) is 0.561.